The first kappa shape index (κ1) is 15.3. The average molecular weight is 303 g/mol. The second-order valence-corrected chi connectivity index (χ2v) is 5.39. The van der Waals surface area contributed by atoms with E-state index in [1.165, 1.54) is 6.07 Å². The molecule has 0 heterocycles. The van der Waals surface area contributed by atoms with Crippen LogP contribution in [-0.4, -0.2) is 19.2 Å². The minimum absolute atomic E-state index is 0.223. The fourth-order valence-electron chi connectivity index (χ4n) is 1.86. The number of anilines is 3. The molecule has 0 atom stereocenters. The molecule has 0 saturated heterocycles. The zero-order valence-electron chi connectivity index (χ0n) is 12.3. The quantitative estimate of drug-likeness (QED) is 0.838. The average Bonchev–Trinajstić information content (AvgIpc) is 2.43. The highest BCUT2D eigenvalue weighted by Crippen LogP contribution is 2.17. The molecule has 0 aromatic heterocycles. The van der Waals surface area contributed by atoms with Crippen LogP contribution in [0.1, 0.15) is 5.56 Å². The van der Waals surface area contributed by atoms with E-state index < -0.39 is 0 Å². The van der Waals surface area contributed by atoms with Gasteiger partial charge in [-0.3, -0.25) is 0 Å². The molecule has 110 valence electrons. The van der Waals surface area contributed by atoms with Crippen LogP contribution in [0.15, 0.2) is 42.5 Å². The number of aryl methyl sites for hydroxylation is 1. The van der Waals surface area contributed by atoms with Crippen molar-refractivity contribution < 1.29 is 4.39 Å². The van der Waals surface area contributed by atoms with Crippen LogP contribution >= 0.6 is 12.2 Å². The molecule has 0 aliphatic rings. The van der Waals surface area contributed by atoms with Gasteiger partial charge < -0.3 is 15.5 Å². The van der Waals surface area contributed by atoms with Gasteiger partial charge in [0.25, 0.3) is 0 Å². The third-order valence-electron chi connectivity index (χ3n) is 3.06. The number of hydrogen-bond acceptors (Lipinski definition) is 2. The van der Waals surface area contributed by atoms with Crippen molar-refractivity contribution in [2.75, 3.05) is 29.6 Å². The summed E-state index contributed by atoms with van der Waals surface area (Å²) in [5.74, 6) is -0.223. The molecule has 5 heteroatoms. The fourth-order valence-corrected chi connectivity index (χ4v) is 2.09. The standard InChI is InChI=1S/C16H18FN3S/c1-11-10-13(6-9-15(11)17)19-16(21)18-12-4-7-14(8-5-12)20(2)3/h4-10H,1-3H3,(H2,18,19,21). The Hall–Kier alpha value is -2.14. The molecule has 0 radical (unpaired) electrons. The van der Waals surface area contributed by atoms with Crippen molar-refractivity contribution in [2.45, 2.75) is 6.92 Å². The minimum atomic E-state index is -0.223. The molecule has 2 rings (SSSR count). The van der Waals surface area contributed by atoms with Gasteiger partial charge in [0.2, 0.25) is 0 Å². The van der Waals surface area contributed by atoms with E-state index in [1.807, 2.05) is 43.3 Å². The first-order valence-electron chi connectivity index (χ1n) is 6.57. The maximum atomic E-state index is 13.2. The van der Waals surface area contributed by atoms with Crippen LogP contribution in [0.5, 0.6) is 0 Å². The molecule has 3 nitrogen and oxygen atoms in total. The Morgan fingerprint density at radius 2 is 1.57 bits per heavy atom. The van der Waals surface area contributed by atoms with E-state index in [2.05, 4.69) is 10.6 Å². The summed E-state index contributed by atoms with van der Waals surface area (Å²) in [7, 11) is 3.98. The summed E-state index contributed by atoms with van der Waals surface area (Å²) < 4.78 is 13.2. The van der Waals surface area contributed by atoms with Gasteiger partial charge in [-0.05, 0) is 67.2 Å². The fraction of sp³-hybridized carbons (Fsp3) is 0.188. The van der Waals surface area contributed by atoms with Crippen molar-refractivity contribution in [2.24, 2.45) is 0 Å². The van der Waals surface area contributed by atoms with Gasteiger partial charge in [-0.2, -0.15) is 0 Å². The van der Waals surface area contributed by atoms with Crippen molar-refractivity contribution in [3.05, 3.63) is 53.8 Å². The third kappa shape index (κ3) is 4.16. The summed E-state index contributed by atoms with van der Waals surface area (Å²) in [5.41, 5.74) is 3.36. The highest BCUT2D eigenvalue weighted by molar-refractivity contribution is 7.80. The van der Waals surface area contributed by atoms with Gasteiger partial charge in [0.05, 0.1) is 0 Å². The minimum Gasteiger partial charge on any atom is -0.378 e. The lowest BCUT2D eigenvalue weighted by molar-refractivity contribution is 0.619. The predicted octanol–water partition coefficient (Wildman–Crippen LogP) is 4.01. The Labute approximate surface area is 129 Å². The first-order valence-corrected chi connectivity index (χ1v) is 6.98. The Morgan fingerprint density at radius 1 is 1.00 bits per heavy atom. The van der Waals surface area contributed by atoms with E-state index in [1.54, 1.807) is 19.1 Å². The lowest BCUT2D eigenvalue weighted by Gasteiger charge is -2.14. The maximum Gasteiger partial charge on any atom is 0.175 e. The summed E-state index contributed by atoms with van der Waals surface area (Å²) in [6, 6.07) is 12.7. The molecule has 0 bridgehead atoms. The van der Waals surface area contributed by atoms with Gasteiger partial charge in [-0.25, -0.2) is 4.39 Å². The van der Waals surface area contributed by atoms with Crippen molar-refractivity contribution in [1.82, 2.24) is 0 Å². The first-order chi connectivity index (χ1) is 9.95. The highest BCUT2D eigenvalue weighted by atomic mass is 32.1. The topological polar surface area (TPSA) is 27.3 Å². The molecule has 2 aromatic carbocycles. The van der Waals surface area contributed by atoms with Crippen molar-refractivity contribution in [1.29, 1.82) is 0 Å². The smallest absolute Gasteiger partial charge is 0.175 e. The number of nitrogens with zero attached hydrogens (tertiary/aromatic N) is 1. The van der Waals surface area contributed by atoms with Crippen LogP contribution < -0.4 is 15.5 Å². The molecule has 2 aromatic rings. The summed E-state index contributed by atoms with van der Waals surface area (Å²) in [6.07, 6.45) is 0. The molecule has 21 heavy (non-hydrogen) atoms. The number of hydrogen-bond donors (Lipinski definition) is 2. The summed E-state index contributed by atoms with van der Waals surface area (Å²) in [4.78, 5) is 2.03. The molecular weight excluding hydrogens is 285 g/mol. The normalized spacial score (nSPS) is 10.1. The number of halogens is 1. The molecular formula is C16H18FN3S. The molecule has 0 unspecified atom stereocenters. The van der Waals surface area contributed by atoms with E-state index in [0.29, 0.717) is 10.7 Å². The van der Waals surface area contributed by atoms with E-state index in [4.69, 9.17) is 12.2 Å². The molecule has 0 amide bonds. The zero-order chi connectivity index (χ0) is 15.4. The van der Waals surface area contributed by atoms with Crippen molar-refractivity contribution >= 4 is 34.4 Å². The van der Waals surface area contributed by atoms with E-state index in [0.717, 1.165) is 17.1 Å². The lowest BCUT2D eigenvalue weighted by Crippen LogP contribution is -2.19. The van der Waals surface area contributed by atoms with E-state index >= 15 is 0 Å². The van der Waals surface area contributed by atoms with Gasteiger partial charge in [0.1, 0.15) is 5.82 Å². The Bertz CT molecular complexity index is 638. The third-order valence-corrected chi connectivity index (χ3v) is 3.26. The molecule has 0 fully saturated rings. The van der Waals surface area contributed by atoms with Gasteiger partial charge >= 0.3 is 0 Å². The molecule has 0 saturated carbocycles. The summed E-state index contributed by atoms with van der Waals surface area (Å²) in [6.45, 7) is 1.72. The Morgan fingerprint density at radius 3 is 2.14 bits per heavy atom. The van der Waals surface area contributed by atoms with Crippen LogP contribution in [0.4, 0.5) is 21.5 Å². The van der Waals surface area contributed by atoms with Gasteiger partial charge in [0, 0.05) is 31.2 Å². The predicted molar refractivity (Wildman–Crippen MR) is 91.7 cm³/mol. The SMILES string of the molecule is Cc1cc(NC(=S)Nc2ccc(N(C)C)cc2)ccc1F. The zero-order valence-corrected chi connectivity index (χ0v) is 13.1. The van der Waals surface area contributed by atoms with Crippen LogP contribution in [0.3, 0.4) is 0 Å². The van der Waals surface area contributed by atoms with Crippen molar-refractivity contribution in [3.63, 3.8) is 0 Å². The van der Waals surface area contributed by atoms with Crippen LogP contribution in [0.2, 0.25) is 0 Å². The molecule has 0 aliphatic heterocycles. The maximum absolute atomic E-state index is 13.2. The molecule has 2 N–H and O–H groups in total. The Kier molecular flexibility index (Phi) is 4.75. The molecule has 0 aliphatic carbocycles. The van der Waals surface area contributed by atoms with E-state index in [-0.39, 0.29) is 5.82 Å². The highest BCUT2D eigenvalue weighted by Gasteiger charge is 2.02. The second-order valence-electron chi connectivity index (χ2n) is 4.98. The van der Waals surface area contributed by atoms with Crippen LogP contribution in [-0.2, 0) is 0 Å². The van der Waals surface area contributed by atoms with Gasteiger partial charge in [0.15, 0.2) is 5.11 Å². The van der Waals surface area contributed by atoms with E-state index in [9.17, 15) is 4.39 Å². The summed E-state index contributed by atoms with van der Waals surface area (Å²) >= 11 is 5.25. The number of thiocarbonyl (C=S) groups is 1. The number of rotatable bonds is 3. The van der Waals surface area contributed by atoms with Crippen LogP contribution in [0, 0.1) is 12.7 Å². The molecule has 0 spiro atoms. The van der Waals surface area contributed by atoms with Crippen molar-refractivity contribution in [3.8, 4) is 0 Å². The summed E-state index contributed by atoms with van der Waals surface area (Å²) in [5, 5.41) is 6.61. The second kappa shape index (κ2) is 6.54. The van der Waals surface area contributed by atoms with Crippen LogP contribution in [0.25, 0.3) is 0 Å². The Balaban J connectivity index is 1.99. The van der Waals surface area contributed by atoms with Gasteiger partial charge in [-0.1, -0.05) is 0 Å². The number of nitrogens with one attached hydrogen (secondary N) is 2. The lowest BCUT2D eigenvalue weighted by atomic mass is 10.2. The van der Waals surface area contributed by atoms with Gasteiger partial charge in [-0.15, -0.1) is 0 Å². The monoisotopic (exact) mass is 303 g/mol. The largest absolute Gasteiger partial charge is 0.378 e. The number of benzene rings is 2.